The first-order valence-electron chi connectivity index (χ1n) is 6.89. The van der Waals surface area contributed by atoms with Gasteiger partial charge in [0.25, 0.3) is 0 Å². The summed E-state index contributed by atoms with van der Waals surface area (Å²) in [6.45, 7) is 6.66. The van der Waals surface area contributed by atoms with Gasteiger partial charge in [-0.1, -0.05) is 0 Å². The van der Waals surface area contributed by atoms with Gasteiger partial charge in [0.1, 0.15) is 5.52 Å². The number of fused-ring (bicyclic) bond motifs is 1. The maximum absolute atomic E-state index is 13.9. The minimum Gasteiger partial charge on any atom is -0.383 e. The molecule has 0 spiro atoms. The van der Waals surface area contributed by atoms with Crippen molar-refractivity contribution >= 4 is 16.6 Å². The van der Waals surface area contributed by atoms with E-state index in [2.05, 4.69) is 29.0 Å². The molecule has 0 aliphatic carbocycles. The average Bonchev–Trinajstić information content (AvgIpc) is 2.40. The van der Waals surface area contributed by atoms with E-state index in [1.807, 2.05) is 20.2 Å². The van der Waals surface area contributed by atoms with E-state index >= 15 is 0 Å². The molecule has 0 bridgehead atoms. The van der Waals surface area contributed by atoms with Crippen molar-refractivity contribution in [2.24, 2.45) is 0 Å². The fourth-order valence-corrected chi connectivity index (χ4v) is 1.98. The second kappa shape index (κ2) is 5.56. The Kier molecular flexibility index (Phi) is 4.14. The number of rotatable bonds is 4. The van der Waals surface area contributed by atoms with Crippen molar-refractivity contribution in [2.75, 3.05) is 26.0 Å². The van der Waals surface area contributed by atoms with Crippen LogP contribution >= 0.6 is 0 Å². The lowest BCUT2D eigenvalue weighted by Gasteiger charge is -2.33. The lowest BCUT2D eigenvalue weighted by molar-refractivity contribution is 0.210. The van der Waals surface area contributed by atoms with Crippen LogP contribution in [0, 0.1) is 18.6 Å². The fourth-order valence-electron chi connectivity index (χ4n) is 1.98. The van der Waals surface area contributed by atoms with Crippen LogP contribution in [0.4, 0.5) is 14.5 Å². The molecule has 0 aliphatic rings. The fraction of sp³-hybridized carbons (Fsp3) is 0.438. The first-order valence-corrected chi connectivity index (χ1v) is 6.89. The second-order valence-corrected chi connectivity index (χ2v) is 6.13. The van der Waals surface area contributed by atoms with Crippen molar-refractivity contribution in [3.8, 4) is 0 Å². The highest BCUT2D eigenvalue weighted by Crippen LogP contribution is 2.27. The molecule has 0 fully saturated rings. The quantitative estimate of drug-likeness (QED) is 0.934. The Hall–Kier alpha value is -1.75. The molecule has 5 heteroatoms. The van der Waals surface area contributed by atoms with E-state index in [0.29, 0.717) is 17.6 Å². The van der Waals surface area contributed by atoms with Gasteiger partial charge in [-0.05, 0) is 53.1 Å². The Morgan fingerprint density at radius 3 is 2.52 bits per heavy atom. The molecule has 0 saturated carbocycles. The molecule has 0 radical (unpaired) electrons. The minimum atomic E-state index is -0.897. The number of likely N-dealkylation sites (N-methyl/N-ethyl adjacent to an activating group) is 1. The molecule has 1 aromatic heterocycles. The van der Waals surface area contributed by atoms with Crippen molar-refractivity contribution in [2.45, 2.75) is 26.3 Å². The average molecular weight is 293 g/mol. The number of nitrogens with zero attached hydrogens (tertiary/aromatic N) is 2. The summed E-state index contributed by atoms with van der Waals surface area (Å²) in [7, 11) is 4.01. The van der Waals surface area contributed by atoms with Gasteiger partial charge in [-0.15, -0.1) is 0 Å². The van der Waals surface area contributed by atoms with Crippen LogP contribution in [0.2, 0.25) is 0 Å². The molecular formula is C16H21F2N3. The summed E-state index contributed by atoms with van der Waals surface area (Å²) < 4.78 is 27.2. The van der Waals surface area contributed by atoms with Crippen molar-refractivity contribution < 1.29 is 8.78 Å². The number of aryl methyl sites for hydroxylation is 1. The number of aromatic nitrogens is 1. The first kappa shape index (κ1) is 15.6. The van der Waals surface area contributed by atoms with E-state index < -0.39 is 11.6 Å². The van der Waals surface area contributed by atoms with Crippen LogP contribution < -0.4 is 5.32 Å². The smallest absolute Gasteiger partial charge is 0.185 e. The topological polar surface area (TPSA) is 28.2 Å². The molecule has 1 N–H and O–H groups in total. The number of hydrogen-bond donors (Lipinski definition) is 1. The number of halogens is 2. The maximum atomic E-state index is 13.9. The van der Waals surface area contributed by atoms with Crippen LogP contribution in [0.1, 0.15) is 19.5 Å². The van der Waals surface area contributed by atoms with Crippen LogP contribution in [0.5, 0.6) is 0 Å². The van der Waals surface area contributed by atoms with Gasteiger partial charge in [0, 0.05) is 28.9 Å². The van der Waals surface area contributed by atoms with Gasteiger partial charge in [0.05, 0.1) is 0 Å². The molecular weight excluding hydrogens is 272 g/mol. The van der Waals surface area contributed by atoms with Crippen LogP contribution in [-0.4, -0.2) is 36.1 Å². The predicted octanol–water partition coefficient (Wildman–Crippen LogP) is 3.57. The molecule has 1 aromatic carbocycles. The van der Waals surface area contributed by atoms with E-state index in [-0.39, 0.29) is 11.1 Å². The van der Waals surface area contributed by atoms with Crippen molar-refractivity contribution in [3.05, 3.63) is 35.5 Å². The first-order chi connectivity index (χ1) is 9.72. The lowest BCUT2D eigenvalue weighted by Crippen LogP contribution is -2.44. The molecule has 2 rings (SSSR count). The van der Waals surface area contributed by atoms with Gasteiger partial charge in [0.15, 0.2) is 11.6 Å². The lowest BCUT2D eigenvalue weighted by atomic mass is 10.0. The highest BCUT2D eigenvalue weighted by molar-refractivity contribution is 5.91. The minimum absolute atomic E-state index is 0.0674. The third-order valence-corrected chi connectivity index (χ3v) is 3.92. The zero-order valence-electron chi connectivity index (χ0n) is 13.1. The standard InChI is InChI=1S/C16H21F2N3/c1-10-8-13(19-9-16(2,3)21(4)5)11-6-7-12(17)14(18)15(11)20-10/h6-8H,9H2,1-5H3,(H,19,20). The van der Waals surface area contributed by atoms with Crippen LogP contribution in [-0.2, 0) is 0 Å². The van der Waals surface area contributed by atoms with E-state index in [0.717, 1.165) is 11.8 Å². The van der Waals surface area contributed by atoms with Crippen molar-refractivity contribution in [1.82, 2.24) is 9.88 Å². The Morgan fingerprint density at radius 2 is 1.90 bits per heavy atom. The molecule has 0 unspecified atom stereocenters. The molecule has 114 valence electrons. The van der Waals surface area contributed by atoms with E-state index in [4.69, 9.17) is 0 Å². The molecule has 0 atom stereocenters. The normalized spacial score (nSPS) is 12.2. The largest absolute Gasteiger partial charge is 0.383 e. The summed E-state index contributed by atoms with van der Waals surface area (Å²) >= 11 is 0. The zero-order valence-corrected chi connectivity index (χ0v) is 13.1. The Morgan fingerprint density at radius 1 is 1.24 bits per heavy atom. The van der Waals surface area contributed by atoms with Crippen LogP contribution in [0.15, 0.2) is 18.2 Å². The number of pyridine rings is 1. The van der Waals surface area contributed by atoms with E-state index in [9.17, 15) is 8.78 Å². The Balaban J connectivity index is 2.43. The Bertz CT molecular complexity index is 666. The zero-order chi connectivity index (χ0) is 15.8. The van der Waals surface area contributed by atoms with Gasteiger partial charge < -0.3 is 10.2 Å². The molecule has 0 saturated heterocycles. The number of anilines is 1. The molecule has 2 aromatic rings. The maximum Gasteiger partial charge on any atom is 0.185 e. The van der Waals surface area contributed by atoms with Gasteiger partial charge in [0.2, 0.25) is 0 Å². The van der Waals surface area contributed by atoms with E-state index in [1.165, 1.54) is 0 Å². The number of benzene rings is 1. The summed E-state index contributed by atoms with van der Waals surface area (Å²) in [5, 5.41) is 3.92. The second-order valence-electron chi connectivity index (χ2n) is 6.13. The molecule has 1 heterocycles. The van der Waals surface area contributed by atoms with Gasteiger partial charge in [-0.25, -0.2) is 13.8 Å². The van der Waals surface area contributed by atoms with Crippen LogP contribution in [0.3, 0.4) is 0 Å². The third kappa shape index (κ3) is 3.13. The monoisotopic (exact) mass is 293 g/mol. The molecule has 21 heavy (non-hydrogen) atoms. The third-order valence-electron chi connectivity index (χ3n) is 3.92. The number of hydrogen-bond acceptors (Lipinski definition) is 3. The molecule has 0 aliphatic heterocycles. The van der Waals surface area contributed by atoms with Crippen molar-refractivity contribution in [3.63, 3.8) is 0 Å². The number of nitrogens with one attached hydrogen (secondary N) is 1. The predicted molar refractivity (Wildman–Crippen MR) is 82.7 cm³/mol. The van der Waals surface area contributed by atoms with Crippen molar-refractivity contribution in [1.29, 1.82) is 0 Å². The van der Waals surface area contributed by atoms with Gasteiger partial charge in [-0.2, -0.15) is 0 Å². The van der Waals surface area contributed by atoms with Gasteiger partial charge in [-0.3, -0.25) is 0 Å². The molecule has 0 amide bonds. The van der Waals surface area contributed by atoms with E-state index in [1.54, 1.807) is 13.0 Å². The Labute approximate surface area is 124 Å². The molecule has 3 nitrogen and oxygen atoms in total. The highest BCUT2D eigenvalue weighted by atomic mass is 19.2. The summed E-state index contributed by atoms with van der Waals surface area (Å²) in [6, 6.07) is 4.55. The highest BCUT2D eigenvalue weighted by Gasteiger charge is 2.21. The van der Waals surface area contributed by atoms with Crippen LogP contribution in [0.25, 0.3) is 10.9 Å². The van der Waals surface area contributed by atoms with Gasteiger partial charge >= 0.3 is 0 Å². The summed E-state index contributed by atoms with van der Waals surface area (Å²) in [5.41, 5.74) is 1.42. The SMILES string of the molecule is Cc1cc(NCC(C)(C)N(C)C)c2ccc(F)c(F)c2n1. The summed E-state index contributed by atoms with van der Waals surface area (Å²) in [6.07, 6.45) is 0. The summed E-state index contributed by atoms with van der Waals surface area (Å²) in [4.78, 5) is 6.22. The summed E-state index contributed by atoms with van der Waals surface area (Å²) in [5.74, 6) is -1.77.